The van der Waals surface area contributed by atoms with Gasteiger partial charge in [-0.15, -0.1) is 0 Å². The highest BCUT2D eigenvalue weighted by Gasteiger charge is 2.06. The van der Waals surface area contributed by atoms with Crippen LogP contribution in [0.1, 0.15) is 10.4 Å². The molecule has 1 aromatic carbocycles. The molecule has 6 heteroatoms. The van der Waals surface area contributed by atoms with Crippen LogP contribution >= 0.6 is 0 Å². The molecule has 2 aromatic heterocycles. The van der Waals surface area contributed by atoms with E-state index in [0.717, 1.165) is 0 Å². The van der Waals surface area contributed by atoms with Crippen molar-refractivity contribution in [3.63, 3.8) is 0 Å². The maximum atomic E-state index is 12.8. The Labute approximate surface area is 120 Å². The molecule has 3 rings (SSSR count). The van der Waals surface area contributed by atoms with Crippen LogP contribution in [0.25, 0.3) is 5.82 Å². The molecule has 0 aliphatic carbocycles. The standard InChI is InChI=1S/C15H11FN4O/c16-12-4-2-11(3-5-12)15(21)19-13-6-7-14(17-10-13)20-9-1-8-18-20/h1-10H,(H,19,21). The summed E-state index contributed by atoms with van der Waals surface area (Å²) in [7, 11) is 0. The topological polar surface area (TPSA) is 59.8 Å². The summed E-state index contributed by atoms with van der Waals surface area (Å²) in [6.07, 6.45) is 4.98. The Kier molecular flexibility index (Phi) is 3.42. The lowest BCUT2D eigenvalue weighted by molar-refractivity contribution is 0.102. The molecule has 0 saturated carbocycles. The molecule has 1 N–H and O–H groups in total. The molecule has 0 saturated heterocycles. The summed E-state index contributed by atoms with van der Waals surface area (Å²) in [4.78, 5) is 16.2. The monoisotopic (exact) mass is 282 g/mol. The van der Waals surface area contributed by atoms with Gasteiger partial charge in [0.15, 0.2) is 5.82 Å². The zero-order valence-electron chi connectivity index (χ0n) is 10.9. The van der Waals surface area contributed by atoms with Crippen LogP contribution < -0.4 is 5.32 Å². The first-order valence-corrected chi connectivity index (χ1v) is 6.25. The van der Waals surface area contributed by atoms with Crippen molar-refractivity contribution in [1.82, 2.24) is 14.8 Å². The molecule has 3 aromatic rings. The summed E-state index contributed by atoms with van der Waals surface area (Å²) in [6.45, 7) is 0. The number of amides is 1. The minimum absolute atomic E-state index is 0.316. The van der Waals surface area contributed by atoms with Crippen LogP contribution in [0.5, 0.6) is 0 Å². The predicted octanol–water partition coefficient (Wildman–Crippen LogP) is 2.66. The van der Waals surface area contributed by atoms with Crippen LogP contribution in [0.3, 0.4) is 0 Å². The van der Waals surface area contributed by atoms with E-state index in [1.54, 1.807) is 41.5 Å². The summed E-state index contributed by atoms with van der Waals surface area (Å²) in [5, 5.41) is 6.76. The summed E-state index contributed by atoms with van der Waals surface area (Å²) in [6, 6.07) is 10.6. The van der Waals surface area contributed by atoms with Gasteiger partial charge in [0.05, 0.1) is 11.9 Å². The molecule has 5 nitrogen and oxygen atoms in total. The second kappa shape index (κ2) is 5.54. The van der Waals surface area contributed by atoms with Crippen molar-refractivity contribution in [2.75, 3.05) is 5.32 Å². The van der Waals surface area contributed by atoms with Gasteiger partial charge in [0.25, 0.3) is 5.91 Å². The molecule has 0 aliphatic rings. The zero-order valence-corrected chi connectivity index (χ0v) is 10.9. The number of anilines is 1. The van der Waals surface area contributed by atoms with Crippen molar-refractivity contribution in [2.24, 2.45) is 0 Å². The van der Waals surface area contributed by atoms with E-state index in [2.05, 4.69) is 15.4 Å². The van der Waals surface area contributed by atoms with Gasteiger partial charge in [0, 0.05) is 18.0 Å². The van der Waals surface area contributed by atoms with Crippen molar-refractivity contribution >= 4 is 11.6 Å². The largest absolute Gasteiger partial charge is 0.321 e. The third-order valence-corrected chi connectivity index (χ3v) is 2.85. The SMILES string of the molecule is O=C(Nc1ccc(-n2cccn2)nc1)c1ccc(F)cc1. The summed E-state index contributed by atoms with van der Waals surface area (Å²) >= 11 is 0. The van der Waals surface area contributed by atoms with Crippen LogP contribution in [-0.2, 0) is 0 Å². The van der Waals surface area contributed by atoms with E-state index in [9.17, 15) is 9.18 Å². The minimum Gasteiger partial charge on any atom is -0.321 e. The molecule has 21 heavy (non-hydrogen) atoms. The van der Waals surface area contributed by atoms with Crippen LogP contribution in [-0.4, -0.2) is 20.7 Å². The van der Waals surface area contributed by atoms with Gasteiger partial charge in [-0.05, 0) is 42.5 Å². The Morgan fingerprint density at radius 3 is 2.57 bits per heavy atom. The average Bonchev–Trinajstić information content (AvgIpc) is 3.03. The molecule has 0 bridgehead atoms. The minimum atomic E-state index is -0.378. The quantitative estimate of drug-likeness (QED) is 0.803. The Hall–Kier alpha value is -3.02. The van der Waals surface area contributed by atoms with Gasteiger partial charge >= 0.3 is 0 Å². The maximum Gasteiger partial charge on any atom is 0.255 e. The van der Waals surface area contributed by atoms with Crippen molar-refractivity contribution in [3.8, 4) is 5.82 Å². The van der Waals surface area contributed by atoms with E-state index in [4.69, 9.17) is 0 Å². The Morgan fingerprint density at radius 1 is 1.14 bits per heavy atom. The number of carbonyl (C=O) groups is 1. The highest BCUT2D eigenvalue weighted by atomic mass is 19.1. The maximum absolute atomic E-state index is 12.8. The number of hydrogen-bond acceptors (Lipinski definition) is 3. The first-order chi connectivity index (χ1) is 10.2. The van der Waals surface area contributed by atoms with Gasteiger partial charge in [-0.3, -0.25) is 4.79 Å². The average molecular weight is 282 g/mol. The first kappa shape index (κ1) is 13.0. The highest BCUT2D eigenvalue weighted by molar-refractivity contribution is 6.04. The van der Waals surface area contributed by atoms with Crippen LogP contribution in [0.2, 0.25) is 0 Å². The number of pyridine rings is 1. The molecule has 0 atom stereocenters. The molecule has 1 amide bonds. The molecule has 104 valence electrons. The molecule has 0 radical (unpaired) electrons. The van der Waals surface area contributed by atoms with Gasteiger partial charge in [-0.1, -0.05) is 0 Å². The summed E-state index contributed by atoms with van der Waals surface area (Å²) < 4.78 is 14.4. The number of nitrogens with zero attached hydrogens (tertiary/aromatic N) is 3. The number of hydrogen-bond donors (Lipinski definition) is 1. The highest BCUT2D eigenvalue weighted by Crippen LogP contribution is 2.11. The Bertz CT molecular complexity index is 736. The van der Waals surface area contributed by atoms with E-state index in [0.29, 0.717) is 17.1 Å². The fourth-order valence-electron chi connectivity index (χ4n) is 1.80. The number of aromatic nitrogens is 3. The number of rotatable bonds is 3. The number of benzene rings is 1. The second-order valence-electron chi connectivity index (χ2n) is 4.32. The van der Waals surface area contributed by atoms with Gasteiger partial charge in [-0.2, -0.15) is 5.10 Å². The lowest BCUT2D eigenvalue weighted by Gasteiger charge is -2.06. The van der Waals surface area contributed by atoms with E-state index >= 15 is 0 Å². The molecule has 0 spiro atoms. The normalized spacial score (nSPS) is 10.3. The molecule has 2 heterocycles. The molecule has 0 aliphatic heterocycles. The Morgan fingerprint density at radius 2 is 1.95 bits per heavy atom. The molecule has 0 fully saturated rings. The lowest BCUT2D eigenvalue weighted by atomic mass is 10.2. The predicted molar refractivity (Wildman–Crippen MR) is 75.7 cm³/mol. The van der Waals surface area contributed by atoms with Crippen molar-refractivity contribution in [3.05, 3.63) is 72.4 Å². The smallest absolute Gasteiger partial charge is 0.255 e. The van der Waals surface area contributed by atoms with E-state index in [1.165, 1.54) is 24.3 Å². The first-order valence-electron chi connectivity index (χ1n) is 6.25. The lowest BCUT2D eigenvalue weighted by Crippen LogP contribution is -2.12. The summed E-state index contributed by atoms with van der Waals surface area (Å²) in [5.74, 6) is -0.0415. The molecular formula is C15H11FN4O. The van der Waals surface area contributed by atoms with Crippen LogP contribution in [0, 0.1) is 5.82 Å². The van der Waals surface area contributed by atoms with E-state index in [1.807, 2.05) is 0 Å². The van der Waals surface area contributed by atoms with Crippen LogP contribution in [0.15, 0.2) is 61.1 Å². The molecular weight excluding hydrogens is 271 g/mol. The van der Waals surface area contributed by atoms with E-state index < -0.39 is 0 Å². The van der Waals surface area contributed by atoms with Crippen molar-refractivity contribution in [2.45, 2.75) is 0 Å². The van der Waals surface area contributed by atoms with Gasteiger partial charge < -0.3 is 5.32 Å². The number of halogens is 1. The Balaban J connectivity index is 1.73. The third kappa shape index (κ3) is 2.94. The molecule has 0 unspecified atom stereocenters. The van der Waals surface area contributed by atoms with Crippen molar-refractivity contribution < 1.29 is 9.18 Å². The number of nitrogens with one attached hydrogen (secondary N) is 1. The number of carbonyl (C=O) groups excluding carboxylic acids is 1. The zero-order chi connectivity index (χ0) is 14.7. The van der Waals surface area contributed by atoms with Gasteiger partial charge in [0.1, 0.15) is 5.82 Å². The van der Waals surface area contributed by atoms with Crippen molar-refractivity contribution in [1.29, 1.82) is 0 Å². The fraction of sp³-hybridized carbons (Fsp3) is 0. The van der Waals surface area contributed by atoms with Gasteiger partial charge in [-0.25, -0.2) is 14.1 Å². The summed E-state index contributed by atoms with van der Waals surface area (Å²) in [5.41, 5.74) is 0.938. The second-order valence-corrected chi connectivity index (χ2v) is 4.32. The van der Waals surface area contributed by atoms with E-state index in [-0.39, 0.29) is 11.7 Å². The fourth-order valence-corrected chi connectivity index (χ4v) is 1.80. The van der Waals surface area contributed by atoms with Gasteiger partial charge in [0.2, 0.25) is 0 Å². The third-order valence-electron chi connectivity index (χ3n) is 2.85. The van der Waals surface area contributed by atoms with Crippen LogP contribution in [0.4, 0.5) is 10.1 Å².